The Kier molecular flexibility index (Phi) is 9.61. The van der Waals surface area contributed by atoms with Crippen molar-refractivity contribution < 1.29 is 45.8 Å². The van der Waals surface area contributed by atoms with Crippen molar-refractivity contribution in [1.82, 2.24) is 9.97 Å². The molecule has 13 heteroatoms. The van der Waals surface area contributed by atoms with Gasteiger partial charge in [-0.05, 0) is 17.7 Å². The molecule has 4 rings (SSSR count). The highest BCUT2D eigenvalue weighted by Crippen LogP contribution is 2.35. The number of halogens is 7. The van der Waals surface area contributed by atoms with Crippen LogP contribution in [0.4, 0.5) is 26.3 Å². The smallest absolute Gasteiger partial charge is 0.350 e. The molecular weight excluding hydrogens is 566 g/mol. The van der Waals surface area contributed by atoms with Crippen LogP contribution < -0.4 is 4.74 Å². The van der Waals surface area contributed by atoms with E-state index in [2.05, 4.69) is 9.97 Å². The van der Waals surface area contributed by atoms with Gasteiger partial charge in [-0.25, -0.2) is 31.9 Å². The molecule has 0 aliphatic heterocycles. The fraction of sp³-hybridized carbons (Fsp3) is 0.111. The number of carbonyl (C=O) groups excluding carboxylic acids is 2. The lowest BCUT2D eigenvalue weighted by molar-refractivity contribution is 0.0829. The largest absolute Gasteiger partial charge is 0.492 e. The zero-order chi connectivity index (χ0) is 29.7. The van der Waals surface area contributed by atoms with Crippen LogP contribution in [0.5, 0.6) is 5.75 Å². The average Bonchev–Trinajstić information content (AvgIpc) is 2.92. The molecule has 0 spiro atoms. The van der Waals surface area contributed by atoms with E-state index in [0.29, 0.717) is 17.7 Å². The Labute approximate surface area is 227 Å². The number of ether oxygens (including phenoxy) is 1. The number of nitrogens with zero attached hydrogens (tertiary/aromatic N) is 2. The predicted octanol–water partition coefficient (Wildman–Crippen LogP) is 6.66. The minimum Gasteiger partial charge on any atom is -0.492 e. The molecule has 0 unspecified atom stereocenters. The molecule has 0 aliphatic rings. The highest BCUT2D eigenvalue weighted by molar-refractivity contribution is 6.32. The quantitative estimate of drug-likeness (QED) is 0.155. The number of aliphatic hydroxyl groups excluding tert-OH is 1. The minimum atomic E-state index is -1.94. The number of carbonyl (C=O) groups is 2. The Hall–Kier alpha value is -4.29. The summed E-state index contributed by atoms with van der Waals surface area (Å²) in [6, 6.07) is 7.28. The molecule has 0 atom stereocenters. The molecule has 6 nitrogen and oxygen atoms in total. The van der Waals surface area contributed by atoms with Crippen molar-refractivity contribution in [1.29, 1.82) is 0 Å². The molecule has 0 saturated heterocycles. The van der Waals surface area contributed by atoms with Crippen LogP contribution >= 0.6 is 11.6 Å². The average molecular weight is 583 g/mol. The highest BCUT2D eigenvalue weighted by Gasteiger charge is 2.22. The summed E-state index contributed by atoms with van der Waals surface area (Å²) in [6.45, 7) is 0.940. The van der Waals surface area contributed by atoms with Crippen LogP contribution in [0.25, 0.3) is 22.5 Å². The fourth-order valence-electron chi connectivity index (χ4n) is 3.32. The lowest BCUT2D eigenvalue weighted by Gasteiger charge is -2.10. The molecule has 208 valence electrons. The molecule has 0 bridgehead atoms. The van der Waals surface area contributed by atoms with Gasteiger partial charge in [0.1, 0.15) is 22.8 Å². The first-order valence-electron chi connectivity index (χ1n) is 11.0. The van der Waals surface area contributed by atoms with E-state index in [0.717, 1.165) is 13.0 Å². The van der Waals surface area contributed by atoms with Crippen molar-refractivity contribution in [2.24, 2.45) is 0 Å². The van der Waals surface area contributed by atoms with E-state index in [1.165, 1.54) is 37.4 Å². The van der Waals surface area contributed by atoms with Gasteiger partial charge in [0.25, 0.3) is 0 Å². The molecule has 1 N–H and O–H groups in total. The maximum absolute atomic E-state index is 14.2. The van der Waals surface area contributed by atoms with Gasteiger partial charge in [-0.2, -0.15) is 4.39 Å². The van der Waals surface area contributed by atoms with Gasteiger partial charge in [-0.3, -0.25) is 9.59 Å². The Balaban J connectivity index is 0.000000222. The van der Waals surface area contributed by atoms with Crippen LogP contribution in [0.1, 0.15) is 33.5 Å². The first-order chi connectivity index (χ1) is 18.9. The standard InChI is InChI=1S/C14H9ClF3NO2.C13H8F3NO2/c1-6(20)10-5-9(16)12(18)13(19-10)7-3-4-8(15)14(21-2)11(7)17;14-9-5-10(13(16)19)17-12(11(9)15)8-3-1-7(6-18)2-4-8/h3-5H,1-2H3;1-5,18H,6H2. The predicted molar refractivity (Wildman–Crippen MR) is 132 cm³/mol. The molecule has 2 aromatic carbocycles. The van der Waals surface area contributed by atoms with E-state index in [-0.39, 0.29) is 34.2 Å². The molecule has 0 saturated carbocycles. The first-order valence-corrected chi connectivity index (χ1v) is 11.4. The normalized spacial score (nSPS) is 10.6. The number of ketones is 1. The van der Waals surface area contributed by atoms with Gasteiger partial charge in [0.05, 0.1) is 18.7 Å². The van der Waals surface area contributed by atoms with Gasteiger partial charge in [0.15, 0.2) is 40.6 Å². The van der Waals surface area contributed by atoms with Gasteiger partial charge >= 0.3 is 6.04 Å². The van der Waals surface area contributed by atoms with Crippen LogP contribution in [0.2, 0.25) is 5.02 Å². The highest BCUT2D eigenvalue weighted by atomic mass is 35.5. The number of pyridine rings is 2. The van der Waals surface area contributed by atoms with Gasteiger partial charge in [0, 0.05) is 30.2 Å². The third-order valence-electron chi connectivity index (χ3n) is 5.31. The number of Topliss-reactive ketones (excluding diaryl/α,β-unsaturated/α-hetero) is 1. The molecule has 0 fully saturated rings. The summed E-state index contributed by atoms with van der Waals surface area (Å²) in [5.41, 5.74) is -1.77. The number of methoxy groups -OCH3 is 1. The second kappa shape index (κ2) is 12.7. The second-order valence-electron chi connectivity index (χ2n) is 7.93. The van der Waals surface area contributed by atoms with Gasteiger partial charge in [-0.15, -0.1) is 0 Å². The summed E-state index contributed by atoms with van der Waals surface area (Å²) in [7, 11) is 1.18. The second-order valence-corrected chi connectivity index (χ2v) is 8.34. The van der Waals surface area contributed by atoms with Crippen molar-refractivity contribution in [2.45, 2.75) is 13.5 Å². The third-order valence-corrected chi connectivity index (χ3v) is 5.60. The summed E-state index contributed by atoms with van der Waals surface area (Å²) in [5, 5.41) is 8.85. The number of rotatable bonds is 6. The van der Waals surface area contributed by atoms with Gasteiger partial charge in [-0.1, -0.05) is 35.9 Å². The summed E-state index contributed by atoms with van der Waals surface area (Å²) in [5.74, 6) is -7.14. The molecule has 40 heavy (non-hydrogen) atoms. The Morgan fingerprint density at radius 2 is 1.40 bits per heavy atom. The van der Waals surface area contributed by atoms with Crippen LogP contribution in [0.15, 0.2) is 48.5 Å². The summed E-state index contributed by atoms with van der Waals surface area (Å²) < 4.78 is 85.8. The van der Waals surface area contributed by atoms with Crippen molar-refractivity contribution in [2.75, 3.05) is 7.11 Å². The van der Waals surface area contributed by atoms with Crippen LogP contribution in [-0.2, 0) is 6.61 Å². The van der Waals surface area contributed by atoms with Crippen LogP contribution in [0.3, 0.4) is 0 Å². The number of aromatic nitrogens is 2. The molecule has 0 radical (unpaired) electrons. The fourth-order valence-corrected chi connectivity index (χ4v) is 3.54. The number of aliphatic hydroxyl groups is 1. The Morgan fingerprint density at radius 1 is 0.850 bits per heavy atom. The van der Waals surface area contributed by atoms with E-state index < -0.39 is 58.0 Å². The molecule has 2 heterocycles. The zero-order valence-electron chi connectivity index (χ0n) is 20.5. The number of hydrogen-bond donors (Lipinski definition) is 1. The van der Waals surface area contributed by atoms with Crippen molar-refractivity contribution in [3.63, 3.8) is 0 Å². The minimum absolute atomic E-state index is 0.0256. The van der Waals surface area contributed by atoms with Crippen molar-refractivity contribution >= 4 is 23.4 Å². The molecule has 4 aromatic rings. The van der Waals surface area contributed by atoms with Crippen LogP contribution in [-0.4, -0.2) is 34.0 Å². The van der Waals surface area contributed by atoms with Gasteiger partial charge in [0.2, 0.25) is 0 Å². The van der Waals surface area contributed by atoms with Crippen LogP contribution in [0, 0.1) is 29.1 Å². The van der Waals surface area contributed by atoms with Crippen molar-refractivity contribution in [3.8, 4) is 28.3 Å². The number of benzene rings is 2. The van der Waals surface area contributed by atoms with E-state index in [9.17, 15) is 35.9 Å². The lowest BCUT2D eigenvalue weighted by Crippen LogP contribution is -2.05. The van der Waals surface area contributed by atoms with E-state index in [1.54, 1.807) is 0 Å². The molecule has 2 aromatic heterocycles. The SMILES string of the molecule is COc1c(Cl)ccc(-c2nc(C(C)=O)cc(F)c2F)c1F.O=C(F)c1cc(F)c(F)c(-c2ccc(CO)cc2)n1. The molecular formula is C27H17ClF6N2O4. The van der Waals surface area contributed by atoms with Gasteiger partial charge < -0.3 is 9.84 Å². The van der Waals surface area contributed by atoms with E-state index >= 15 is 0 Å². The molecule has 0 amide bonds. The third kappa shape index (κ3) is 6.46. The number of hydrogen-bond acceptors (Lipinski definition) is 6. The summed E-state index contributed by atoms with van der Waals surface area (Å²) >= 11 is 5.73. The zero-order valence-corrected chi connectivity index (χ0v) is 21.3. The maximum Gasteiger partial charge on any atom is 0.350 e. The first kappa shape index (κ1) is 30.3. The summed E-state index contributed by atoms with van der Waals surface area (Å²) in [4.78, 5) is 28.9. The molecule has 0 aliphatic carbocycles. The summed E-state index contributed by atoms with van der Waals surface area (Å²) in [6.07, 6.45) is 0. The van der Waals surface area contributed by atoms with E-state index in [4.69, 9.17) is 21.4 Å². The lowest BCUT2D eigenvalue weighted by atomic mass is 10.1. The van der Waals surface area contributed by atoms with Crippen molar-refractivity contribution in [3.05, 3.63) is 99.6 Å². The maximum atomic E-state index is 14.2. The van der Waals surface area contributed by atoms with E-state index in [1.807, 2.05) is 0 Å². The monoisotopic (exact) mass is 582 g/mol. The topological polar surface area (TPSA) is 89.4 Å². The Morgan fingerprint density at radius 3 is 1.93 bits per heavy atom. The Bertz CT molecular complexity index is 1600.